The molecule has 2 aliphatic heterocycles. The third-order valence-corrected chi connectivity index (χ3v) is 5.55. The number of benzene rings is 1. The van der Waals surface area contributed by atoms with Gasteiger partial charge in [0.05, 0.1) is 6.54 Å². The molecule has 1 atom stereocenters. The van der Waals surface area contributed by atoms with Crippen molar-refractivity contribution < 1.29 is 9.59 Å². The molecule has 0 saturated carbocycles. The van der Waals surface area contributed by atoms with Crippen LogP contribution < -0.4 is 16.0 Å². The number of nitrogens with zero attached hydrogens (tertiary/aromatic N) is 1. The van der Waals surface area contributed by atoms with E-state index in [-0.39, 0.29) is 11.8 Å². The standard InChI is InChI=1S/C21H32N4O2/c1-16-5-7-18(23-20(26)8-6-17-9-10-22-14-17)13-19(16)24-21(27)15-25-11-3-2-4-12-25/h5,7,13,17,22H,2-4,6,8-12,14-15H2,1H3,(H,23,26)(H,24,27). The van der Waals surface area contributed by atoms with Crippen LogP contribution in [-0.2, 0) is 9.59 Å². The summed E-state index contributed by atoms with van der Waals surface area (Å²) in [5, 5.41) is 9.31. The maximum Gasteiger partial charge on any atom is 0.238 e. The van der Waals surface area contributed by atoms with Gasteiger partial charge in [-0.05, 0) is 82.4 Å². The van der Waals surface area contributed by atoms with Gasteiger partial charge in [0, 0.05) is 17.8 Å². The van der Waals surface area contributed by atoms with E-state index in [1.165, 1.54) is 19.3 Å². The van der Waals surface area contributed by atoms with E-state index in [4.69, 9.17) is 0 Å². The Bertz CT molecular complexity index is 650. The summed E-state index contributed by atoms with van der Waals surface area (Å²) in [6, 6.07) is 5.69. The van der Waals surface area contributed by atoms with Crippen molar-refractivity contribution in [3.63, 3.8) is 0 Å². The number of hydrogen-bond donors (Lipinski definition) is 3. The highest BCUT2D eigenvalue weighted by atomic mass is 16.2. The Kier molecular flexibility index (Phi) is 7.24. The topological polar surface area (TPSA) is 73.5 Å². The molecule has 3 rings (SSSR count). The molecule has 6 nitrogen and oxygen atoms in total. The third-order valence-electron chi connectivity index (χ3n) is 5.55. The molecule has 27 heavy (non-hydrogen) atoms. The van der Waals surface area contributed by atoms with E-state index in [1.807, 2.05) is 25.1 Å². The van der Waals surface area contributed by atoms with Gasteiger partial charge in [-0.1, -0.05) is 12.5 Å². The number of aryl methyl sites for hydroxylation is 1. The van der Waals surface area contributed by atoms with Crippen molar-refractivity contribution in [2.24, 2.45) is 5.92 Å². The minimum absolute atomic E-state index is 0.0113. The molecule has 0 aliphatic carbocycles. The Labute approximate surface area is 162 Å². The van der Waals surface area contributed by atoms with Gasteiger partial charge in [-0.2, -0.15) is 0 Å². The van der Waals surface area contributed by atoms with Crippen molar-refractivity contribution in [3.8, 4) is 0 Å². The van der Waals surface area contributed by atoms with E-state index in [0.29, 0.717) is 18.9 Å². The van der Waals surface area contributed by atoms with Gasteiger partial charge in [-0.25, -0.2) is 0 Å². The molecular formula is C21H32N4O2. The van der Waals surface area contributed by atoms with Gasteiger partial charge in [-0.15, -0.1) is 0 Å². The maximum atomic E-state index is 12.4. The fourth-order valence-electron chi connectivity index (χ4n) is 3.86. The van der Waals surface area contributed by atoms with Gasteiger partial charge in [0.25, 0.3) is 0 Å². The lowest BCUT2D eigenvalue weighted by Crippen LogP contribution is -2.36. The summed E-state index contributed by atoms with van der Waals surface area (Å²) < 4.78 is 0. The SMILES string of the molecule is Cc1ccc(NC(=O)CCC2CCNC2)cc1NC(=O)CN1CCCCC1. The Balaban J connectivity index is 1.50. The monoisotopic (exact) mass is 372 g/mol. The Morgan fingerprint density at radius 2 is 1.96 bits per heavy atom. The van der Waals surface area contributed by atoms with Crippen LogP contribution in [0.4, 0.5) is 11.4 Å². The molecule has 0 spiro atoms. The van der Waals surface area contributed by atoms with Crippen LogP contribution in [0.25, 0.3) is 0 Å². The van der Waals surface area contributed by atoms with E-state index in [2.05, 4.69) is 20.9 Å². The lowest BCUT2D eigenvalue weighted by atomic mass is 10.0. The van der Waals surface area contributed by atoms with Crippen molar-refractivity contribution in [1.29, 1.82) is 0 Å². The summed E-state index contributed by atoms with van der Waals surface area (Å²) in [6.45, 7) is 6.48. The first-order valence-electron chi connectivity index (χ1n) is 10.2. The molecule has 2 saturated heterocycles. The van der Waals surface area contributed by atoms with Gasteiger partial charge in [0.1, 0.15) is 0 Å². The average molecular weight is 373 g/mol. The van der Waals surface area contributed by atoms with E-state index in [1.54, 1.807) is 0 Å². The minimum atomic E-state index is 0.0113. The highest BCUT2D eigenvalue weighted by molar-refractivity contribution is 5.95. The lowest BCUT2D eigenvalue weighted by Gasteiger charge is -2.25. The van der Waals surface area contributed by atoms with Crippen molar-refractivity contribution >= 4 is 23.2 Å². The lowest BCUT2D eigenvalue weighted by molar-refractivity contribution is -0.117. The van der Waals surface area contributed by atoms with Crippen molar-refractivity contribution in [1.82, 2.24) is 10.2 Å². The predicted octanol–water partition coefficient (Wildman–Crippen LogP) is 2.75. The number of likely N-dealkylation sites (tertiary alicyclic amines) is 1. The second kappa shape index (κ2) is 9.85. The zero-order valence-electron chi connectivity index (χ0n) is 16.4. The summed E-state index contributed by atoms with van der Waals surface area (Å²) in [5.74, 6) is 0.659. The zero-order valence-corrected chi connectivity index (χ0v) is 16.4. The number of amides is 2. The van der Waals surface area contributed by atoms with Crippen LogP contribution >= 0.6 is 0 Å². The fraction of sp³-hybridized carbons (Fsp3) is 0.619. The largest absolute Gasteiger partial charge is 0.326 e. The molecule has 148 valence electrons. The molecule has 2 heterocycles. The normalized spacial score (nSPS) is 20.4. The first-order valence-corrected chi connectivity index (χ1v) is 10.2. The zero-order chi connectivity index (χ0) is 19.1. The quantitative estimate of drug-likeness (QED) is 0.688. The summed E-state index contributed by atoms with van der Waals surface area (Å²) in [6.07, 6.45) is 6.22. The van der Waals surface area contributed by atoms with Gasteiger partial charge in [-0.3, -0.25) is 14.5 Å². The number of rotatable bonds is 7. The fourth-order valence-corrected chi connectivity index (χ4v) is 3.86. The third kappa shape index (κ3) is 6.33. The van der Waals surface area contributed by atoms with E-state index in [9.17, 15) is 9.59 Å². The summed E-state index contributed by atoms with van der Waals surface area (Å²) in [4.78, 5) is 26.8. The molecule has 6 heteroatoms. The van der Waals surface area contributed by atoms with Gasteiger partial charge in [0.2, 0.25) is 11.8 Å². The first kappa shape index (κ1) is 19.8. The van der Waals surface area contributed by atoms with Gasteiger partial charge >= 0.3 is 0 Å². The molecule has 3 N–H and O–H groups in total. The van der Waals surface area contributed by atoms with Crippen molar-refractivity contribution in [2.45, 2.75) is 45.4 Å². The van der Waals surface area contributed by atoms with E-state index >= 15 is 0 Å². The number of carbonyl (C=O) groups excluding carboxylic acids is 2. The first-order chi connectivity index (χ1) is 13.1. The van der Waals surface area contributed by atoms with Crippen molar-refractivity contribution in [2.75, 3.05) is 43.4 Å². The summed E-state index contributed by atoms with van der Waals surface area (Å²) in [7, 11) is 0. The molecule has 2 aliphatic rings. The van der Waals surface area contributed by atoms with E-state index in [0.717, 1.165) is 56.0 Å². The second-order valence-electron chi connectivity index (χ2n) is 7.86. The number of nitrogens with one attached hydrogen (secondary N) is 3. The summed E-state index contributed by atoms with van der Waals surface area (Å²) in [5.41, 5.74) is 2.51. The van der Waals surface area contributed by atoms with Crippen LogP contribution in [0.1, 0.15) is 44.1 Å². The molecule has 1 aromatic rings. The molecule has 2 amide bonds. The van der Waals surface area contributed by atoms with Crippen LogP contribution in [0.2, 0.25) is 0 Å². The molecule has 2 fully saturated rings. The summed E-state index contributed by atoms with van der Waals surface area (Å²) >= 11 is 0. The predicted molar refractivity (Wildman–Crippen MR) is 109 cm³/mol. The number of carbonyl (C=O) groups is 2. The molecular weight excluding hydrogens is 340 g/mol. The number of hydrogen-bond acceptors (Lipinski definition) is 4. The average Bonchev–Trinajstić information content (AvgIpc) is 3.17. The van der Waals surface area contributed by atoms with Gasteiger partial charge < -0.3 is 16.0 Å². The van der Waals surface area contributed by atoms with Crippen LogP contribution in [0.3, 0.4) is 0 Å². The van der Waals surface area contributed by atoms with Gasteiger partial charge in [0.15, 0.2) is 0 Å². The smallest absolute Gasteiger partial charge is 0.238 e. The van der Waals surface area contributed by atoms with Crippen LogP contribution in [0.5, 0.6) is 0 Å². The molecule has 0 radical (unpaired) electrons. The molecule has 1 unspecified atom stereocenters. The Morgan fingerprint density at radius 1 is 1.15 bits per heavy atom. The van der Waals surface area contributed by atoms with Crippen LogP contribution in [0.15, 0.2) is 18.2 Å². The van der Waals surface area contributed by atoms with Crippen LogP contribution in [-0.4, -0.2) is 49.4 Å². The highest BCUT2D eigenvalue weighted by Crippen LogP contribution is 2.21. The van der Waals surface area contributed by atoms with E-state index < -0.39 is 0 Å². The molecule has 1 aromatic carbocycles. The number of piperidine rings is 1. The Morgan fingerprint density at radius 3 is 2.70 bits per heavy atom. The second-order valence-corrected chi connectivity index (χ2v) is 7.86. The Hall–Kier alpha value is -1.92. The number of anilines is 2. The minimum Gasteiger partial charge on any atom is -0.326 e. The molecule has 0 aromatic heterocycles. The van der Waals surface area contributed by atoms with Crippen molar-refractivity contribution in [3.05, 3.63) is 23.8 Å². The molecule has 0 bridgehead atoms. The maximum absolute atomic E-state index is 12.4. The van der Waals surface area contributed by atoms with Crippen LogP contribution in [0, 0.1) is 12.8 Å². The highest BCUT2D eigenvalue weighted by Gasteiger charge is 2.17.